The number of imidazole rings is 1. The monoisotopic (exact) mass is 293 g/mol. The van der Waals surface area contributed by atoms with E-state index in [-0.39, 0.29) is 5.78 Å². The van der Waals surface area contributed by atoms with Crippen LogP contribution >= 0.6 is 0 Å². The SMILES string of the molecule is Cc1ccnc(C(=O)/C=N/Nc2nc3ccccc3n2C)c1. The number of hydrogen-bond acceptors (Lipinski definition) is 5. The van der Waals surface area contributed by atoms with Gasteiger partial charge in [0.05, 0.1) is 17.2 Å². The second kappa shape index (κ2) is 5.77. The Bertz CT molecular complexity index is 866. The molecule has 0 aliphatic rings. The maximum Gasteiger partial charge on any atom is 0.224 e. The molecule has 0 spiro atoms. The molecule has 0 aliphatic carbocycles. The molecule has 6 nitrogen and oxygen atoms in total. The average Bonchev–Trinajstić information content (AvgIpc) is 2.84. The Balaban J connectivity index is 1.76. The number of nitrogens with one attached hydrogen (secondary N) is 1. The number of anilines is 1. The number of rotatable bonds is 4. The molecule has 0 atom stereocenters. The molecule has 0 fully saturated rings. The van der Waals surface area contributed by atoms with Crippen LogP contribution in [0.2, 0.25) is 0 Å². The number of pyridine rings is 1. The zero-order valence-corrected chi connectivity index (χ0v) is 12.3. The van der Waals surface area contributed by atoms with Crippen LogP contribution in [-0.2, 0) is 7.05 Å². The van der Waals surface area contributed by atoms with Gasteiger partial charge < -0.3 is 4.57 Å². The van der Waals surface area contributed by atoms with Crippen LogP contribution in [0.3, 0.4) is 0 Å². The lowest BCUT2D eigenvalue weighted by atomic mass is 10.2. The first-order chi connectivity index (χ1) is 10.6. The Labute approximate surface area is 127 Å². The van der Waals surface area contributed by atoms with Crippen molar-refractivity contribution in [2.24, 2.45) is 12.1 Å². The first kappa shape index (κ1) is 13.9. The summed E-state index contributed by atoms with van der Waals surface area (Å²) >= 11 is 0. The molecule has 2 heterocycles. The van der Waals surface area contributed by atoms with Gasteiger partial charge in [0.1, 0.15) is 5.69 Å². The van der Waals surface area contributed by atoms with Crippen LogP contribution in [0.15, 0.2) is 47.7 Å². The average molecular weight is 293 g/mol. The number of nitrogens with zero attached hydrogens (tertiary/aromatic N) is 4. The molecule has 0 bridgehead atoms. The molecule has 0 unspecified atom stereocenters. The van der Waals surface area contributed by atoms with Gasteiger partial charge in [0.25, 0.3) is 0 Å². The maximum absolute atomic E-state index is 12.0. The first-order valence-electron chi connectivity index (χ1n) is 6.82. The van der Waals surface area contributed by atoms with Crippen molar-refractivity contribution in [3.8, 4) is 0 Å². The lowest BCUT2D eigenvalue weighted by molar-refractivity contribution is 0.106. The van der Waals surface area contributed by atoms with Gasteiger partial charge in [-0.1, -0.05) is 12.1 Å². The number of carbonyl (C=O) groups excluding carboxylic acids is 1. The Morgan fingerprint density at radius 1 is 1.32 bits per heavy atom. The third-order valence-electron chi connectivity index (χ3n) is 3.30. The normalized spacial score (nSPS) is 11.2. The molecule has 0 amide bonds. The zero-order chi connectivity index (χ0) is 15.5. The maximum atomic E-state index is 12.0. The van der Waals surface area contributed by atoms with Crippen molar-refractivity contribution in [2.75, 3.05) is 5.43 Å². The highest BCUT2D eigenvalue weighted by Gasteiger charge is 2.07. The highest BCUT2D eigenvalue weighted by molar-refractivity contribution is 6.34. The Kier molecular flexibility index (Phi) is 3.65. The summed E-state index contributed by atoms with van der Waals surface area (Å²) in [5.41, 5.74) is 6.01. The second-order valence-corrected chi connectivity index (χ2v) is 4.94. The summed E-state index contributed by atoms with van der Waals surface area (Å²) in [5.74, 6) is 0.317. The van der Waals surface area contributed by atoms with Crippen LogP contribution in [0, 0.1) is 6.92 Å². The van der Waals surface area contributed by atoms with E-state index in [2.05, 4.69) is 20.5 Å². The van der Waals surface area contributed by atoms with E-state index < -0.39 is 0 Å². The van der Waals surface area contributed by atoms with Gasteiger partial charge in [-0.2, -0.15) is 5.10 Å². The van der Waals surface area contributed by atoms with Crippen molar-refractivity contribution in [3.63, 3.8) is 0 Å². The number of Topliss-reactive ketones (excluding diaryl/α,β-unsaturated/α-hetero) is 1. The molecular formula is C16H15N5O. The van der Waals surface area contributed by atoms with Gasteiger partial charge in [0, 0.05) is 13.2 Å². The highest BCUT2D eigenvalue weighted by atomic mass is 16.1. The molecule has 3 rings (SSSR count). The van der Waals surface area contributed by atoms with E-state index in [4.69, 9.17) is 0 Å². The smallest absolute Gasteiger partial charge is 0.224 e. The van der Waals surface area contributed by atoms with Crippen LogP contribution in [0.25, 0.3) is 11.0 Å². The van der Waals surface area contributed by atoms with E-state index in [1.807, 2.05) is 48.9 Å². The van der Waals surface area contributed by atoms with E-state index in [9.17, 15) is 4.79 Å². The highest BCUT2D eigenvalue weighted by Crippen LogP contribution is 2.17. The molecular weight excluding hydrogens is 278 g/mol. The van der Waals surface area contributed by atoms with E-state index >= 15 is 0 Å². The topological polar surface area (TPSA) is 72.2 Å². The zero-order valence-electron chi connectivity index (χ0n) is 12.3. The Hall–Kier alpha value is -3.02. The van der Waals surface area contributed by atoms with Crippen LogP contribution < -0.4 is 5.43 Å². The van der Waals surface area contributed by atoms with Gasteiger partial charge in [-0.25, -0.2) is 10.4 Å². The number of benzene rings is 1. The molecule has 2 aromatic heterocycles. The van der Waals surface area contributed by atoms with Gasteiger partial charge >= 0.3 is 0 Å². The van der Waals surface area contributed by atoms with Crippen molar-refractivity contribution in [3.05, 3.63) is 53.9 Å². The van der Waals surface area contributed by atoms with E-state index in [0.29, 0.717) is 11.6 Å². The molecule has 1 aromatic carbocycles. The summed E-state index contributed by atoms with van der Waals surface area (Å²) in [7, 11) is 1.89. The predicted octanol–water partition coefficient (Wildman–Crippen LogP) is 2.56. The summed E-state index contributed by atoms with van der Waals surface area (Å²) in [6, 6.07) is 11.3. The van der Waals surface area contributed by atoms with Crippen LogP contribution in [0.4, 0.5) is 5.95 Å². The minimum atomic E-state index is -0.255. The van der Waals surface area contributed by atoms with Crippen LogP contribution in [0.1, 0.15) is 16.1 Å². The fourth-order valence-corrected chi connectivity index (χ4v) is 2.13. The number of aromatic nitrogens is 3. The number of fused-ring (bicyclic) bond motifs is 1. The van der Waals surface area contributed by atoms with Crippen molar-refractivity contribution in [1.82, 2.24) is 14.5 Å². The van der Waals surface area contributed by atoms with E-state index in [1.165, 1.54) is 6.21 Å². The molecule has 22 heavy (non-hydrogen) atoms. The van der Waals surface area contributed by atoms with Crippen molar-refractivity contribution >= 4 is 29.0 Å². The lowest BCUT2D eigenvalue weighted by Gasteiger charge is -2.00. The Morgan fingerprint density at radius 3 is 2.91 bits per heavy atom. The minimum absolute atomic E-state index is 0.255. The molecule has 0 saturated heterocycles. The fourth-order valence-electron chi connectivity index (χ4n) is 2.13. The summed E-state index contributed by atoms with van der Waals surface area (Å²) in [5, 5.41) is 3.96. The summed E-state index contributed by atoms with van der Waals surface area (Å²) in [6.07, 6.45) is 2.82. The molecule has 110 valence electrons. The summed E-state index contributed by atoms with van der Waals surface area (Å²) in [6.45, 7) is 1.91. The first-order valence-corrected chi connectivity index (χ1v) is 6.82. The van der Waals surface area contributed by atoms with E-state index in [1.54, 1.807) is 12.3 Å². The third-order valence-corrected chi connectivity index (χ3v) is 3.30. The van der Waals surface area contributed by atoms with Crippen LogP contribution in [-0.4, -0.2) is 26.5 Å². The molecule has 0 radical (unpaired) electrons. The summed E-state index contributed by atoms with van der Waals surface area (Å²) < 4.78 is 1.88. The van der Waals surface area contributed by atoms with Gasteiger partial charge in [0.15, 0.2) is 0 Å². The van der Waals surface area contributed by atoms with E-state index in [0.717, 1.165) is 16.6 Å². The molecule has 0 saturated carbocycles. The summed E-state index contributed by atoms with van der Waals surface area (Å²) in [4.78, 5) is 20.4. The number of para-hydroxylation sites is 2. The molecule has 3 aromatic rings. The standard InChI is InChI=1S/C16H15N5O/c1-11-7-8-17-13(9-11)15(22)10-18-20-16-19-12-5-3-4-6-14(12)21(16)2/h3-10H,1-2H3,(H,19,20)/b18-10+. The van der Waals surface area contributed by atoms with Gasteiger partial charge in [0.2, 0.25) is 11.7 Å². The number of carbonyl (C=O) groups is 1. The minimum Gasteiger partial charge on any atom is -0.312 e. The van der Waals surface area contributed by atoms with Gasteiger partial charge in [-0.05, 0) is 36.8 Å². The predicted molar refractivity (Wildman–Crippen MR) is 86.1 cm³/mol. The molecule has 6 heteroatoms. The number of ketones is 1. The number of hydrogen-bond donors (Lipinski definition) is 1. The Morgan fingerprint density at radius 2 is 2.14 bits per heavy atom. The van der Waals surface area contributed by atoms with Crippen molar-refractivity contribution in [1.29, 1.82) is 0 Å². The molecule has 0 aliphatic heterocycles. The molecule has 1 N–H and O–H groups in total. The fraction of sp³-hybridized carbons (Fsp3) is 0.125. The number of aryl methyl sites for hydroxylation is 2. The quantitative estimate of drug-likeness (QED) is 0.456. The van der Waals surface area contributed by atoms with Crippen molar-refractivity contribution in [2.45, 2.75) is 6.92 Å². The lowest BCUT2D eigenvalue weighted by Crippen LogP contribution is -2.06. The van der Waals surface area contributed by atoms with Crippen molar-refractivity contribution < 1.29 is 4.79 Å². The van der Waals surface area contributed by atoms with Crippen LogP contribution in [0.5, 0.6) is 0 Å². The van der Waals surface area contributed by atoms with Gasteiger partial charge in [-0.15, -0.1) is 0 Å². The third kappa shape index (κ3) is 2.71. The number of hydrazone groups is 1. The second-order valence-electron chi connectivity index (χ2n) is 4.94. The van der Waals surface area contributed by atoms with Gasteiger partial charge in [-0.3, -0.25) is 9.78 Å². The largest absolute Gasteiger partial charge is 0.312 e.